The molecule has 0 radical (unpaired) electrons. The van der Waals surface area contributed by atoms with Crippen molar-refractivity contribution in [3.05, 3.63) is 64.7 Å². The highest BCUT2D eigenvalue weighted by molar-refractivity contribution is 5.80. The van der Waals surface area contributed by atoms with E-state index < -0.39 is 0 Å². The molecule has 0 amide bonds. The van der Waals surface area contributed by atoms with Gasteiger partial charge in [-0.2, -0.15) is 0 Å². The monoisotopic (exact) mass is 345 g/mol. The number of benzene rings is 1. The molecule has 1 saturated heterocycles. The fourth-order valence-corrected chi connectivity index (χ4v) is 3.94. The lowest BCUT2D eigenvalue weighted by Crippen LogP contribution is -2.35. The molecule has 3 aromatic heterocycles. The van der Waals surface area contributed by atoms with Crippen LogP contribution in [0.4, 0.5) is 5.95 Å². The van der Waals surface area contributed by atoms with Crippen LogP contribution < -0.4 is 10.5 Å². The summed E-state index contributed by atoms with van der Waals surface area (Å²) in [6.07, 6.45) is 5.96. The zero-order chi connectivity index (χ0) is 17.5. The molecule has 1 aliphatic rings. The van der Waals surface area contributed by atoms with Gasteiger partial charge in [0.1, 0.15) is 5.65 Å². The SMILES string of the molecule is O=c1[nH]c(N2CCC(c3c[nH]c4ncccc34)CC2)nc2ccccc12. The average molecular weight is 345 g/mol. The number of anilines is 1. The van der Waals surface area contributed by atoms with Gasteiger partial charge in [-0.1, -0.05) is 12.1 Å². The first-order valence-corrected chi connectivity index (χ1v) is 8.95. The molecular weight excluding hydrogens is 326 g/mol. The number of aromatic nitrogens is 4. The Morgan fingerprint density at radius 2 is 1.85 bits per heavy atom. The van der Waals surface area contributed by atoms with E-state index in [1.165, 1.54) is 10.9 Å². The molecular formula is C20H19N5O. The Kier molecular flexibility index (Phi) is 3.48. The highest BCUT2D eigenvalue weighted by Crippen LogP contribution is 2.33. The van der Waals surface area contributed by atoms with Crippen molar-refractivity contribution in [2.24, 2.45) is 0 Å². The molecule has 26 heavy (non-hydrogen) atoms. The molecule has 1 fully saturated rings. The lowest BCUT2D eigenvalue weighted by molar-refractivity contribution is 0.502. The summed E-state index contributed by atoms with van der Waals surface area (Å²) in [4.78, 5) is 29.7. The van der Waals surface area contributed by atoms with E-state index in [9.17, 15) is 4.79 Å². The molecule has 1 aliphatic heterocycles. The van der Waals surface area contributed by atoms with Crippen LogP contribution in [0.5, 0.6) is 0 Å². The van der Waals surface area contributed by atoms with Crippen LogP contribution in [0, 0.1) is 0 Å². The van der Waals surface area contributed by atoms with Crippen molar-refractivity contribution in [3.8, 4) is 0 Å². The van der Waals surface area contributed by atoms with Crippen LogP contribution in [-0.4, -0.2) is 33.0 Å². The van der Waals surface area contributed by atoms with Crippen molar-refractivity contribution in [1.82, 2.24) is 19.9 Å². The van der Waals surface area contributed by atoms with E-state index in [1.807, 2.05) is 36.5 Å². The fraction of sp³-hybridized carbons (Fsp3) is 0.250. The first kappa shape index (κ1) is 15.1. The zero-order valence-electron chi connectivity index (χ0n) is 14.3. The van der Waals surface area contributed by atoms with Gasteiger partial charge in [0.25, 0.3) is 5.56 Å². The Morgan fingerprint density at radius 3 is 2.73 bits per heavy atom. The Bertz CT molecular complexity index is 1140. The molecule has 5 rings (SSSR count). The highest BCUT2D eigenvalue weighted by Gasteiger charge is 2.24. The summed E-state index contributed by atoms with van der Waals surface area (Å²) in [6.45, 7) is 1.75. The third-order valence-electron chi connectivity index (χ3n) is 5.32. The molecule has 0 spiro atoms. The molecule has 1 aromatic carbocycles. The number of rotatable bonds is 2. The molecule has 0 aliphatic carbocycles. The maximum Gasteiger partial charge on any atom is 0.260 e. The van der Waals surface area contributed by atoms with E-state index in [0.29, 0.717) is 17.3 Å². The first-order valence-electron chi connectivity index (χ1n) is 8.95. The van der Waals surface area contributed by atoms with Gasteiger partial charge in [-0.25, -0.2) is 9.97 Å². The second kappa shape index (κ2) is 5.98. The minimum atomic E-state index is -0.0737. The van der Waals surface area contributed by atoms with Gasteiger partial charge in [0, 0.05) is 30.9 Å². The van der Waals surface area contributed by atoms with Crippen molar-refractivity contribution in [2.75, 3.05) is 18.0 Å². The van der Waals surface area contributed by atoms with Crippen LogP contribution in [0.3, 0.4) is 0 Å². The molecule has 6 nitrogen and oxygen atoms in total. The summed E-state index contributed by atoms with van der Waals surface area (Å²) in [5.41, 5.74) is 2.96. The van der Waals surface area contributed by atoms with Crippen LogP contribution in [0.1, 0.15) is 24.3 Å². The fourth-order valence-electron chi connectivity index (χ4n) is 3.94. The van der Waals surface area contributed by atoms with Gasteiger partial charge in [-0.15, -0.1) is 0 Å². The van der Waals surface area contributed by atoms with Gasteiger partial charge >= 0.3 is 0 Å². The second-order valence-corrected chi connectivity index (χ2v) is 6.81. The Hall–Kier alpha value is -3.15. The van der Waals surface area contributed by atoms with Crippen LogP contribution in [-0.2, 0) is 0 Å². The van der Waals surface area contributed by atoms with E-state index in [0.717, 1.165) is 37.1 Å². The average Bonchev–Trinajstić information content (AvgIpc) is 3.12. The van der Waals surface area contributed by atoms with E-state index in [-0.39, 0.29) is 5.56 Å². The number of para-hydroxylation sites is 1. The number of nitrogens with one attached hydrogen (secondary N) is 2. The summed E-state index contributed by atoms with van der Waals surface area (Å²) in [5, 5.41) is 1.85. The molecule has 4 heterocycles. The van der Waals surface area contributed by atoms with Crippen LogP contribution >= 0.6 is 0 Å². The number of aromatic amines is 2. The van der Waals surface area contributed by atoms with E-state index in [1.54, 1.807) is 0 Å². The van der Waals surface area contributed by atoms with Gasteiger partial charge in [-0.05, 0) is 48.6 Å². The van der Waals surface area contributed by atoms with Crippen molar-refractivity contribution >= 4 is 27.9 Å². The van der Waals surface area contributed by atoms with E-state index >= 15 is 0 Å². The summed E-state index contributed by atoms with van der Waals surface area (Å²) in [5.74, 6) is 1.17. The number of hydrogen-bond acceptors (Lipinski definition) is 4. The molecule has 0 unspecified atom stereocenters. The Morgan fingerprint density at radius 1 is 1.04 bits per heavy atom. The normalized spacial score (nSPS) is 15.8. The standard InChI is InChI=1S/C20H19N5O/c26-19-15-4-1-2-6-17(15)23-20(24-19)25-10-7-13(8-11-25)16-12-22-18-14(16)5-3-9-21-18/h1-6,9,12-13H,7-8,10-11H2,(H,21,22)(H,23,24,26). The summed E-state index contributed by atoms with van der Waals surface area (Å²) in [7, 11) is 0. The van der Waals surface area contributed by atoms with Gasteiger partial charge < -0.3 is 9.88 Å². The van der Waals surface area contributed by atoms with Gasteiger partial charge in [0.2, 0.25) is 5.95 Å². The molecule has 0 atom stereocenters. The molecule has 4 aromatic rings. The third-order valence-corrected chi connectivity index (χ3v) is 5.32. The number of fused-ring (bicyclic) bond motifs is 2. The number of nitrogens with zero attached hydrogens (tertiary/aromatic N) is 3. The minimum Gasteiger partial charge on any atom is -0.346 e. The predicted octanol–water partition coefficient (Wildman–Crippen LogP) is 3.18. The van der Waals surface area contributed by atoms with Crippen molar-refractivity contribution in [3.63, 3.8) is 0 Å². The van der Waals surface area contributed by atoms with Crippen LogP contribution in [0.25, 0.3) is 21.9 Å². The minimum absolute atomic E-state index is 0.0737. The van der Waals surface area contributed by atoms with Gasteiger partial charge in [-0.3, -0.25) is 9.78 Å². The largest absolute Gasteiger partial charge is 0.346 e. The van der Waals surface area contributed by atoms with Crippen LogP contribution in [0.2, 0.25) is 0 Å². The number of piperidine rings is 1. The molecule has 0 saturated carbocycles. The Labute approximate surface area is 149 Å². The molecule has 6 heteroatoms. The molecule has 2 N–H and O–H groups in total. The molecule has 0 bridgehead atoms. The summed E-state index contributed by atoms with van der Waals surface area (Å²) < 4.78 is 0. The maximum absolute atomic E-state index is 12.3. The highest BCUT2D eigenvalue weighted by atomic mass is 16.1. The number of pyridine rings is 1. The lowest BCUT2D eigenvalue weighted by atomic mass is 9.89. The predicted molar refractivity (Wildman–Crippen MR) is 103 cm³/mol. The van der Waals surface area contributed by atoms with Gasteiger partial charge in [0.05, 0.1) is 10.9 Å². The van der Waals surface area contributed by atoms with Crippen LogP contribution in [0.15, 0.2) is 53.6 Å². The number of H-pyrrole nitrogens is 2. The number of hydrogen-bond donors (Lipinski definition) is 2. The topological polar surface area (TPSA) is 77.7 Å². The van der Waals surface area contributed by atoms with Crippen molar-refractivity contribution < 1.29 is 0 Å². The lowest BCUT2D eigenvalue weighted by Gasteiger charge is -2.32. The third kappa shape index (κ3) is 2.45. The van der Waals surface area contributed by atoms with E-state index in [4.69, 9.17) is 0 Å². The smallest absolute Gasteiger partial charge is 0.260 e. The van der Waals surface area contributed by atoms with Crippen molar-refractivity contribution in [2.45, 2.75) is 18.8 Å². The molecule has 130 valence electrons. The van der Waals surface area contributed by atoms with Crippen molar-refractivity contribution in [1.29, 1.82) is 0 Å². The second-order valence-electron chi connectivity index (χ2n) is 6.81. The van der Waals surface area contributed by atoms with Gasteiger partial charge in [0.15, 0.2) is 0 Å². The maximum atomic E-state index is 12.3. The summed E-state index contributed by atoms with van der Waals surface area (Å²) in [6, 6.07) is 11.6. The summed E-state index contributed by atoms with van der Waals surface area (Å²) >= 11 is 0. The van der Waals surface area contributed by atoms with E-state index in [2.05, 4.69) is 37.1 Å². The Balaban J connectivity index is 1.40. The first-order chi connectivity index (χ1) is 12.8. The quantitative estimate of drug-likeness (QED) is 0.585. The zero-order valence-corrected chi connectivity index (χ0v) is 14.3.